The van der Waals surface area contributed by atoms with Gasteiger partial charge in [0.2, 0.25) is 5.82 Å². The predicted molar refractivity (Wildman–Crippen MR) is 150 cm³/mol. The maximum Gasteiger partial charge on any atom is 0.330 e. The third-order valence-electron chi connectivity index (χ3n) is 9.34. The number of piperidine rings is 3. The van der Waals surface area contributed by atoms with Gasteiger partial charge in [0, 0.05) is 42.7 Å². The average molecular weight is 594 g/mol. The Hall–Kier alpha value is -3.98. The van der Waals surface area contributed by atoms with Gasteiger partial charge < -0.3 is 19.7 Å². The number of hydrogen-bond donors (Lipinski definition) is 3. The van der Waals surface area contributed by atoms with Crippen molar-refractivity contribution in [2.75, 3.05) is 26.8 Å². The van der Waals surface area contributed by atoms with Crippen LogP contribution in [0.25, 0.3) is 10.9 Å². The van der Waals surface area contributed by atoms with Crippen molar-refractivity contribution < 1.29 is 24.1 Å². The molecule has 226 valence electrons. The van der Waals surface area contributed by atoms with Crippen molar-refractivity contribution in [1.82, 2.24) is 34.4 Å². The molecule has 4 aliphatic rings. The smallest absolute Gasteiger partial charge is 0.330 e. The van der Waals surface area contributed by atoms with Gasteiger partial charge in [0.15, 0.2) is 0 Å². The van der Waals surface area contributed by atoms with Gasteiger partial charge in [0.1, 0.15) is 23.6 Å². The zero-order valence-corrected chi connectivity index (χ0v) is 23.4. The molecule has 14 heteroatoms. The van der Waals surface area contributed by atoms with Crippen molar-refractivity contribution in [3.05, 3.63) is 80.8 Å². The number of benzene rings is 1. The van der Waals surface area contributed by atoms with E-state index in [9.17, 15) is 24.2 Å². The highest BCUT2D eigenvalue weighted by molar-refractivity contribution is 5.87. The Morgan fingerprint density at radius 1 is 1.23 bits per heavy atom. The molecule has 3 aromatic heterocycles. The summed E-state index contributed by atoms with van der Waals surface area (Å²) in [5.41, 5.74) is 0.472. The summed E-state index contributed by atoms with van der Waals surface area (Å²) in [5, 5.41) is 31.3. The van der Waals surface area contributed by atoms with Gasteiger partial charge in [-0.2, -0.15) is 4.39 Å². The number of aliphatic hydroxyl groups is 2. The summed E-state index contributed by atoms with van der Waals surface area (Å²) in [4.78, 5) is 32.5. The fraction of sp³-hybridized carbons (Fsp3) is 0.483. The Labute approximate surface area is 244 Å². The molecule has 4 aromatic rings. The maximum atomic E-state index is 13.9. The number of nitrogens with one attached hydrogen (secondary N) is 1. The summed E-state index contributed by atoms with van der Waals surface area (Å²) in [7, 11) is 1.61. The third kappa shape index (κ3) is 4.74. The topological polar surface area (TPSA) is 161 Å². The van der Waals surface area contributed by atoms with Crippen LogP contribution in [0.15, 0.2) is 52.4 Å². The van der Waals surface area contributed by atoms with E-state index in [0.29, 0.717) is 11.7 Å². The zero-order valence-electron chi connectivity index (χ0n) is 23.4. The van der Waals surface area contributed by atoms with Crippen LogP contribution in [0, 0.1) is 11.7 Å². The molecule has 8 rings (SSSR count). The lowest BCUT2D eigenvalue weighted by Gasteiger charge is -2.50. The van der Waals surface area contributed by atoms with Gasteiger partial charge in [-0.1, -0.05) is 17.3 Å². The van der Waals surface area contributed by atoms with Crippen molar-refractivity contribution in [3.63, 3.8) is 0 Å². The van der Waals surface area contributed by atoms with E-state index in [4.69, 9.17) is 9.47 Å². The summed E-state index contributed by atoms with van der Waals surface area (Å²) in [6.07, 6.45) is 4.07. The highest BCUT2D eigenvalue weighted by atomic mass is 19.1. The molecule has 0 saturated carbocycles. The molecule has 13 nitrogen and oxygen atoms in total. The Bertz CT molecular complexity index is 1770. The Kier molecular flexibility index (Phi) is 7.08. The number of nitrogens with zero attached hydrogens (tertiary/aromatic N) is 6. The number of ether oxygens (including phenoxy) is 2. The molecule has 2 bridgehead atoms. The van der Waals surface area contributed by atoms with E-state index in [0.717, 1.165) is 58.9 Å². The van der Waals surface area contributed by atoms with Gasteiger partial charge >= 0.3 is 5.69 Å². The summed E-state index contributed by atoms with van der Waals surface area (Å²) in [5.74, 6) is -0.0263. The van der Waals surface area contributed by atoms with Crippen LogP contribution < -0.4 is 16.0 Å². The molecule has 3 N–H and O–H groups in total. The Morgan fingerprint density at radius 3 is 2.86 bits per heavy atom. The van der Waals surface area contributed by atoms with Crippen LogP contribution >= 0.6 is 0 Å². The van der Waals surface area contributed by atoms with Gasteiger partial charge in [-0.15, -0.1) is 5.10 Å². The fourth-order valence-electron chi connectivity index (χ4n) is 7.16. The molecule has 8 unspecified atom stereocenters. The Morgan fingerprint density at radius 2 is 2.09 bits per heavy atom. The van der Waals surface area contributed by atoms with E-state index in [1.54, 1.807) is 18.0 Å². The maximum absolute atomic E-state index is 13.9. The highest BCUT2D eigenvalue weighted by Gasteiger charge is 2.45. The van der Waals surface area contributed by atoms with Gasteiger partial charge in [-0.05, 0) is 43.0 Å². The van der Waals surface area contributed by atoms with Crippen molar-refractivity contribution in [2.24, 2.45) is 5.92 Å². The van der Waals surface area contributed by atoms with Gasteiger partial charge in [-0.3, -0.25) is 24.2 Å². The number of para-hydroxylation sites is 1. The number of halogens is 1. The van der Waals surface area contributed by atoms with Gasteiger partial charge in [0.25, 0.3) is 5.56 Å². The normalized spacial score (nSPS) is 29.3. The standard InChI is InChI=1S/C29H32FN7O6/c1-42-23-4-2-3-16-17(5-7-31-26(16)23)27(39)22-9-15-6-8-35(22)11-18(15)20-13-37(34-33-20)21-10-25(43-24(21)14-38)36-12-19(30)28(40)32-29(36)41/h2-5,7,12-13,15,18,21-22,24-25,27,38-39H,6,8-11,14H2,1H3,(H,32,40,41). The van der Waals surface area contributed by atoms with Gasteiger partial charge in [0.05, 0.1) is 37.8 Å². The van der Waals surface area contributed by atoms with E-state index < -0.39 is 41.5 Å². The number of aromatic nitrogens is 6. The van der Waals surface area contributed by atoms with Crippen LogP contribution in [0.2, 0.25) is 0 Å². The largest absolute Gasteiger partial charge is 0.494 e. The second-order valence-corrected chi connectivity index (χ2v) is 11.5. The summed E-state index contributed by atoms with van der Waals surface area (Å²) in [6, 6.07) is 7.10. The van der Waals surface area contributed by atoms with E-state index in [2.05, 4.69) is 20.2 Å². The fourth-order valence-corrected chi connectivity index (χ4v) is 7.16. The number of rotatable bonds is 7. The zero-order chi connectivity index (χ0) is 29.8. The first-order valence-electron chi connectivity index (χ1n) is 14.4. The molecule has 7 heterocycles. The molecular weight excluding hydrogens is 561 g/mol. The lowest BCUT2D eigenvalue weighted by molar-refractivity contribution is -0.0382. The second-order valence-electron chi connectivity index (χ2n) is 11.5. The minimum absolute atomic E-state index is 0.0550. The molecular formula is C29H32FN7O6. The molecule has 0 spiro atoms. The molecule has 4 aliphatic heterocycles. The number of aliphatic hydroxyl groups excluding tert-OH is 2. The van der Waals surface area contributed by atoms with Crippen LogP contribution in [0.4, 0.5) is 4.39 Å². The lowest BCUT2D eigenvalue weighted by Crippen LogP contribution is -2.54. The number of pyridine rings is 1. The molecule has 0 aliphatic carbocycles. The van der Waals surface area contributed by atoms with E-state index in [1.807, 2.05) is 35.4 Å². The molecule has 0 amide bonds. The summed E-state index contributed by atoms with van der Waals surface area (Å²) < 4.78 is 27.9. The average Bonchev–Trinajstić information content (AvgIpc) is 3.69. The molecule has 8 atom stereocenters. The SMILES string of the molecule is COc1cccc2c(C(O)C3CC4CCN3CC4c3cn(C4CC(n5cc(F)c(=O)[nH]c5=O)OC4CO)nn3)ccnc12. The third-order valence-corrected chi connectivity index (χ3v) is 9.34. The first-order chi connectivity index (χ1) is 20.9. The van der Waals surface area contributed by atoms with Crippen molar-refractivity contribution >= 4 is 10.9 Å². The molecule has 1 aromatic carbocycles. The molecule has 4 saturated heterocycles. The van der Waals surface area contributed by atoms with Crippen LogP contribution in [-0.4, -0.2) is 83.6 Å². The summed E-state index contributed by atoms with van der Waals surface area (Å²) >= 11 is 0. The first kappa shape index (κ1) is 27.8. The van der Waals surface area contributed by atoms with E-state index >= 15 is 0 Å². The number of hydrogen-bond acceptors (Lipinski definition) is 10. The minimum atomic E-state index is -1.10. The van der Waals surface area contributed by atoms with Crippen LogP contribution in [0.5, 0.6) is 5.75 Å². The van der Waals surface area contributed by atoms with Crippen LogP contribution in [-0.2, 0) is 4.74 Å². The minimum Gasteiger partial charge on any atom is -0.494 e. The summed E-state index contributed by atoms with van der Waals surface area (Å²) in [6.45, 7) is 1.25. The number of methoxy groups -OCH3 is 1. The Balaban J connectivity index is 1.09. The second kappa shape index (κ2) is 10.9. The lowest BCUT2D eigenvalue weighted by atomic mass is 9.72. The van der Waals surface area contributed by atoms with E-state index in [1.165, 1.54) is 0 Å². The van der Waals surface area contributed by atoms with E-state index in [-0.39, 0.29) is 25.0 Å². The number of fused-ring (bicyclic) bond motifs is 4. The van der Waals surface area contributed by atoms with Gasteiger partial charge in [-0.25, -0.2) is 9.48 Å². The number of H-pyrrole nitrogens is 1. The van der Waals surface area contributed by atoms with Crippen LogP contribution in [0.3, 0.4) is 0 Å². The van der Waals surface area contributed by atoms with Crippen molar-refractivity contribution in [2.45, 2.75) is 55.7 Å². The monoisotopic (exact) mass is 593 g/mol. The quantitative estimate of drug-likeness (QED) is 0.285. The van der Waals surface area contributed by atoms with Crippen molar-refractivity contribution in [3.8, 4) is 5.75 Å². The number of aromatic amines is 1. The highest BCUT2D eigenvalue weighted by Crippen LogP contribution is 2.46. The first-order valence-corrected chi connectivity index (χ1v) is 14.4. The molecule has 0 radical (unpaired) electrons. The van der Waals surface area contributed by atoms with Crippen molar-refractivity contribution in [1.29, 1.82) is 0 Å². The molecule has 4 fully saturated rings. The predicted octanol–water partition coefficient (Wildman–Crippen LogP) is 1.26. The van der Waals surface area contributed by atoms with Crippen LogP contribution in [0.1, 0.15) is 54.8 Å². The molecule has 43 heavy (non-hydrogen) atoms.